The maximum atomic E-state index is 14.1. The van der Waals surface area contributed by atoms with Crippen LogP contribution in [-0.2, 0) is 17.8 Å². The molecule has 1 saturated heterocycles. The SMILES string of the molecule is Cc1ccccc1CC(=O)N(CCN(C)C)CC1CCCN(Cc2ccccc2F)C1. The van der Waals surface area contributed by atoms with Gasteiger partial charge in [0.1, 0.15) is 5.82 Å². The van der Waals surface area contributed by atoms with E-state index >= 15 is 0 Å². The highest BCUT2D eigenvalue weighted by Gasteiger charge is 2.25. The van der Waals surface area contributed by atoms with E-state index in [1.54, 1.807) is 6.07 Å². The van der Waals surface area contributed by atoms with E-state index < -0.39 is 0 Å². The van der Waals surface area contributed by atoms with Crippen molar-refractivity contribution in [3.05, 3.63) is 71.0 Å². The predicted molar refractivity (Wildman–Crippen MR) is 124 cm³/mol. The highest BCUT2D eigenvalue weighted by molar-refractivity contribution is 5.79. The van der Waals surface area contributed by atoms with E-state index in [0.29, 0.717) is 18.9 Å². The third-order valence-corrected chi connectivity index (χ3v) is 6.21. The lowest BCUT2D eigenvalue weighted by Gasteiger charge is -2.36. The number of hydrogen-bond acceptors (Lipinski definition) is 3. The summed E-state index contributed by atoms with van der Waals surface area (Å²) in [5.74, 6) is 0.483. The van der Waals surface area contributed by atoms with Gasteiger partial charge in [-0.2, -0.15) is 0 Å². The number of nitrogens with zero attached hydrogens (tertiary/aromatic N) is 3. The molecular weight excluding hydrogens is 389 g/mol. The number of aryl methyl sites for hydroxylation is 1. The van der Waals surface area contributed by atoms with Gasteiger partial charge in [0, 0.05) is 38.3 Å². The monoisotopic (exact) mass is 425 g/mol. The van der Waals surface area contributed by atoms with Crippen LogP contribution in [-0.4, -0.2) is 67.4 Å². The highest BCUT2D eigenvalue weighted by Crippen LogP contribution is 2.21. The quantitative estimate of drug-likeness (QED) is 0.608. The molecule has 1 aliphatic heterocycles. The first-order valence-corrected chi connectivity index (χ1v) is 11.3. The van der Waals surface area contributed by atoms with Crippen LogP contribution in [0.5, 0.6) is 0 Å². The summed E-state index contributed by atoms with van der Waals surface area (Å²) >= 11 is 0. The number of amides is 1. The first kappa shape index (κ1) is 23.4. The topological polar surface area (TPSA) is 26.8 Å². The first-order chi connectivity index (χ1) is 14.9. The summed E-state index contributed by atoms with van der Waals surface area (Å²) in [4.78, 5) is 19.7. The van der Waals surface area contributed by atoms with Crippen molar-refractivity contribution in [3.8, 4) is 0 Å². The van der Waals surface area contributed by atoms with Crippen molar-refractivity contribution >= 4 is 5.91 Å². The summed E-state index contributed by atoms with van der Waals surface area (Å²) in [5, 5.41) is 0. The first-order valence-electron chi connectivity index (χ1n) is 11.3. The molecular formula is C26H36FN3O. The summed E-state index contributed by atoms with van der Waals surface area (Å²) < 4.78 is 14.1. The Kier molecular flexibility index (Phi) is 8.61. The van der Waals surface area contributed by atoms with Crippen LogP contribution in [0.1, 0.15) is 29.5 Å². The smallest absolute Gasteiger partial charge is 0.227 e. The molecule has 31 heavy (non-hydrogen) atoms. The van der Waals surface area contributed by atoms with Crippen LogP contribution >= 0.6 is 0 Å². The zero-order chi connectivity index (χ0) is 22.2. The van der Waals surface area contributed by atoms with Gasteiger partial charge >= 0.3 is 0 Å². The molecule has 1 atom stereocenters. The Bertz CT molecular complexity index is 854. The molecule has 1 heterocycles. The molecule has 5 heteroatoms. The average molecular weight is 426 g/mol. The largest absolute Gasteiger partial charge is 0.341 e. The van der Waals surface area contributed by atoms with Gasteiger partial charge < -0.3 is 9.80 Å². The van der Waals surface area contributed by atoms with Gasteiger partial charge in [-0.15, -0.1) is 0 Å². The molecule has 3 rings (SSSR count). The standard InChI is InChI=1S/C26H36FN3O/c1-21-9-4-5-11-23(21)17-26(31)30(16-15-28(2)3)19-22-10-8-14-29(18-22)20-24-12-6-7-13-25(24)27/h4-7,9,11-13,22H,8,10,14-20H2,1-3H3. The molecule has 4 nitrogen and oxygen atoms in total. The minimum atomic E-state index is -0.134. The van der Waals surface area contributed by atoms with E-state index in [9.17, 15) is 9.18 Å². The number of benzene rings is 2. The second kappa shape index (κ2) is 11.4. The van der Waals surface area contributed by atoms with Crippen LogP contribution < -0.4 is 0 Å². The average Bonchev–Trinajstić information content (AvgIpc) is 2.74. The summed E-state index contributed by atoms with van der Waals surface area (Å²) in [6, 6.07) is 15.2. The van der Waals surface area contributed by atoms with Crippen molar-refractivity contribution in [1.29, 1.82) is 0 Å². The lowest BCUT2D eigenvalue weighted by atomic mass is 9.96. The summed E-state index contributed by atoms with van der Waals surface area (Å²) in [6.45, 7) is 6.95. The van der Waals surface area contributed by atoms with Crippen LogP contribution in [0.3, 0.4) is 0 Å². The van der Waals surface area contributed by atoms with Gasteiger partial charge in [-0.1, -0.05) is 42.5 Å². The molecule has 0 bridgehead atoms. The van der Waals surface area contributed by atoms with Gasteiger partial charge in [-0.25, -0.2) is 4.39 Å². The molecule has 0 radical (unpaired) electrons. The van der Waals surface area contributed by atoms with E-state index in [1.807, 2.05) is 49.3 Å². The van der Waals surface area contributed by atoms with Crippen molar-refractivity contribution in [2.24, 2.45) is 5.92 Å². The number of piperidine rings is 1. The summed E-state index contributed by atoms with van der Waals surface area (Å²) in [5.41, 5.74) is 3.02. The van der Waals surface area contributed by atoms with E-state index in [2.05, 4.69) is 22.8 Å². The Morgan fingerprint density at radius 3 is 2.48 bits per heavy atom. The zero-order valence-electron chi connectivity index (χ0n) is 19.2. The highest BCUT2D eigenvalue weighted by atomic mass is 19.1. The molecule has 2 aromatic carbocycles. The van der Waals surface area contributed by atoms with Gasteiger partial charge in [0.15, 0.2) is 0 Å². The molecule has 0 aliphatic carbocycles. The molecule has 1 unspecified atom stereocenters. The van der Waals surface area contributed by atoms with Crippen LogP contribution in [0.2, 0.25) is 0 Å². The fraction of sp³-hybridized carbons (Fsp3) is 0.500. The lowest BCUT2D eigenvalue weighted by molar-refractivity contribution is -0.131. The van der Waals surface area contributed by atoms with Crippen molar-refractivity contribution < 1.29 is 9.18 Å². The number of likely N-dealkylation sites (N-methyl/N-ethyl adjacent to an activating group) is 1. The second-order valence-corrected chi connectivity index (χ2v) is 9.08. The van der Waals surface area contributed by atoms with E-state index in [4.69, 9.17) is 0 Å². The molecule has 0 N–H and O–H groups in total. The number of carbonyl (C=O) groups excluding carboxylic acids is 1. The molecule has 0 saturated carbocycles. The normalized spacial score (nSPS) is 17.1. The van der Waals surface area contributed by atoms with Crippen molar-refractivity contribution in [1.82, 2.24) is 14.7 Å². The van der Waals surface area contributed by atoms with Crippen LogP contribution in [0.25, 0.3) is 0 Å². The predicted octanol–water partition coefficient (Wildman–Crippen LogP) is 3.98. The number of hydrogen-bond donors (Lipinski definition) is 0. The maximum absolute atomic E-state index is 14.1. The lowest BCUT2D eigenvalue weighted by Crippen LogP contribution is -2.45. The van der Waals surface area contributed by atoms with Gasteiger partial charge in [-0.3, -0.25) is 9.69 Å². The van der Waals surface area contributed by atoms with Gasteiger partial charge in [0.2, 0.25) is 5.91 Å². The third kappa shape index (κ3) is 7.15. The summed E-state index contributed by atoms with van der Waals surface area (Å²) in [6.07, 6.45) is 2.66. The Morgan fingerprint density at radius 2 is 1.77 bits per heavy atom. The van der Waals surface area contributed by atoms with Crippen molar-refractivity contribution in [3.63, 3.8) is 0 Å². The number of halogens is 1. The van der Waals surface area contributed by atoms with E-state index in [0.717, 1.165) is 62.3 Å². The van der Waals surface area contributed by atoms with Crippen LogP contribution in [0.15, 0.2) is 48.5 Å². The van der Waals surface area contributed by atoms with Gasteiger partial charge in [0.05, 0.1) is 6.42 Å². The summed E-state index contributed by atoms with van der Waals surface area (Å²) in [7, 11) is 4.08. The third-order valence-electron chi connectivity index (χ3n) is 6.21. The molecule has 2 aromatic rings. The Labute approximate surface area is 186 Å². The van der Waals surface area contributed by atoms with Gasteiger partial charge in [-0.05, 0) is 63.5 Å². The Balaban J connectivity index is 1.63. The molecule has 1 amide bonds. The molecule has 168 valence electrons. The van der Waals surface area contributed by atoms with E-state index in [-0.39, 0.29) is 11.7 Å². The Morgan fingerprint density at radius 1 is 1.06 bits per heavy atom. The fourth-order valence-corrected chi connectivity index (χ4v) is 4.34. The number of likely N-dealkylation sites (tertiary alicyclic amines) is 1. The second-order valence-electron chi connectivity index (χ2n) is 9.08. The van der Waals surface area contributed by atoms with E-state index in [1.165, 1.54) is 6.07 Å². The molecule has 1 aliphatic rings. The minimum absolute atomic E-state index is 0.134. The van der Waals surface area contributed by atoms with Crippen LogP contribution in [0, 0.1) is 18.7 Å². The maximum Gasteiger partial charge on any atom is 0.227 e. The number of rotatable bonds is 9. The number of carbonyl (C=O) groups is 1. The zero-order valence-corrected chi connectivity index (χ0v) is 19.2. The Hall–Kier alpha value is -2.24. The molecule has 0 spiro atoms. The van der Waals surface area contributed by atoms with Crippen LogP contribution in [0.4, 0.5) is 4.39 Å². The van der Waals surface area contributed by atoms with Crippen molar-refractivity contribution in [2.45, 2.75) is 32.7 Å². The minimum Gasteiger partial charge on any atom is -0.341 e. The van der Waals surface area contributed by atoms with Gasteiger partial charge in [0.25, 0.3) is 0 Å². The fourth-order valence-electron chi connectivity index (χ4n) is 4.34. The van der Waals surface area contributed by atoms with Crippen molar-refractivity contribution in [2.75, 3.05) is 46.8 Å². The molecule has 0 aromatic heterocycles. The molecule has 1 fully saturated rings.